The standard InChI is InChI=1S/C11H21NO2/c1-14-7-6-10-2-4-11(5-3-10)8-12-9-13/h9-11H,2-8H2,1H3,(H,12,13). The van der Waals surface area contributed by atoms with E-state index in [0.29, 0.717) is 5.92 Å². The Morgan fingerprint density at radius 3 is 2.50 bits per heavy atom. The van der Waals surface area contributed by atoms with Crippen molar-refractivity contribution in [2.24, 2.45) is 11.8 Å². The van der Waals surface area contributed by atoms with Crippen LogP contribution in [-0.2, 0) is 9.53 Å². The van der Waals surface area contributed by atoms with Crippen molar-refractivity contribution in [3.63, 3.8) is 0 Å². The van der Waals surface area contributed by atoms with Gasteiger partial charge in [-0.1, -0.05) is 12.8 Å². The zero-order chi connectivity index (χ0) is 10.2. The molecule has 1 saturated carbocycles. The van der Waals surface area contributed by atoms with Crippen LogP contribution < -0.4 is 5.32 Å². The van der Waals surface area contributed by atoms with Crippen LogP contribution in [0.3, 0.4) is 0 Å². The average Bonchev–Trinajstić information content (AvgIpc) is 2.25. The van der Waals surface area contributed by atoms with Crippen molar-refractivity contribution in [3.05, 3.63) is 0 Å². The van der Waals surface area contributed by atoms with Crippen molar-refractivity contribution in [1.82, 2.24) is 5.32 Å². The summed E-state index contributed by atoms with van der Waals surface area (Å²) in [7, 11) is 1.76. The van der Waals surface area contributed by atoms with Crippen LogP contribution >= 0.6 is 0 Å². The van der Waals surface area contributed by atoms with Gasteiger partial charge in [-0.25, -0.2) is 0 Å². The Morgan fingerprint density at radius 1 is 1.29 bits per heavy atom. The maximum Gasteiger partial charge on any atom is 0.207 e. The molecule has 0 bridgehead atoms. The predicted molar refractivity (Wildman–Crippen MR) is 56.0 cm³/mol. The number of hydrogen-bond donors (Lipinski definition) is 1. The molecule has 0 saturated heterocycles. The lowest BCUT2D eigenvalue weighted by atomic mass is 9.81. The molecule has 0 unspecified atom stereocenters. The molecule has 0 aromatic rings. The van der Waals surface area contributed by atoms with Crippen LogP contribution in [0.5, 0.6) is 0 Å². The van der Waals surface area contributed by atoms with Crippen molar-refractivity contribution in [3.8, 4) is 0 Å². The summed E-state index contributed by atoms with van der Waals surface area (Å²) in [5, 5.41) is 2.77. The normalized spacial score (nSPS) is 27.2. The van der Waals surface area contributed by atoms with Gasteiger partial charge in [-0.2, -0.15) is 0 Å². The number of methoxy groups -OCH3 is 1. The van der Waals surface area contributed by atoms with Crippen LogP contribution in [-0.4, -0.2) is 26.7 Å². The van der Waals surface area contributed by atoms with E-state index in [1.54, 1.807) is 7.11 Å². The summed E-state index contributed by atoms with van der Waals surface area (Å²) in [5.74, 6) is 1.56. The first-order chi connectivity index (χ1) is 6.86. The van der Waals surface area contributed by atoms with Gasteiger partial charge in [0.2, 0.25) is 6.41 Å². The van der Waals surface area contributed by atoms with Gasteiger partial charge in [-0.15, -0.1) is 0 Å². The molecule has 0 aromatic heterocycles. The number of nitrogens with one attached hydrogen (secondary N) is 1. The highest BCUT2D eigenvalue weighted by Gasteiger charge is 2.20. The van der Waals surface area contributed by atoms with E-state index in [2.05, 4.69) is 5.32 Å². The van der Waals surface area contributed by atoms with Crippen molar-refractivity contribution >= 4 is 6.41 Å². The zero-order valence-electron chi connectivity index (χ0n) is 9.00. The summed E-state index contributed by atoms with van der Waals surface area (Å²) in [4.78, 5) is 10.1. The Kier molecular flexibility index (Phi) is 5.60. The van der Waals surface area contributed by atoms with Crippen LogP contribution in [0.25, 0.3) is 0 Å². The Labute approximate surface area is 86.2 Å². The minimum atomic E-state index is 0.707. The minimum absolute atomic E-state index is 0.707. The highest BCUT2D eigenvalue weighted by atomic mass is 16.5. The second-order valence-electron chi connectivity index (χ2n) is 4.19. The maximum atomic E-state index is 10.1. The van der Waals surface area contributed by atoms with Gasteiger partial charge in [0.15, 0.2) is 0 Å². The maximum absolute atomic E-state index is 10.1. The lowest BCUT2D eigenvalue weighted by Gasteiger charge is -2.27. The van der Waals surface area contributed by atoms with Crippen LogP contribution in [0.15, 0.2) is 0 Å². The van der Waals surface area contributed by atoms with Crippen LogP contribution in [0, 0.1) is 11.8 Å². The van der Waals surface area contributed by atoms with Gasteiger partial charge >= 0.3 is 0 Å². The Balaban J connectivity index is 2.08. The van der Waals surface area contributed by atoms with E-state index in [-0.39, 0.29) is 0 Å². The van der Waals surface area contributed by atoms with E-state index in [9.17, 15) is 4.79 Å². The molecule has 1 rings (SSSR count). The zero-order valence-corrected chi connectivity index (χ0v) is 9.00. The Bertz CT molecular complexity index is 153. The number of ether oxygens (including phenoxy) is 1. The fourth-order valence-electron chi connectivity index (χ4n) is 2.22. The van der Waals surface area contributed by atoms with Crippen LogP contribution in [0.1, 0.15) is 32.1 Å². The molecular formula is C11H21NO2. The first kappa shape index (κ1) is 11.5. The Hall–Kier alpha value is -0.570. The van der Waals surface area contributed by atoms with E-state index in [0.717, 1.165) is 25.5 Å². The van der Waals surface area contributed by atoms with E-state index in [4.69, 9.17) is 4.74 Å². The first-order valence-electron chi connectivity index (χ1n) is 5.52. The molecule has 0 atom stereocenters. The number of amides is 1. The number of hydrogen-bond acceptors (Lipinski definition) is 2. The molecule has 1 fully saturated rings. The van der Waals surface area contributed by atoms with Gasteiger partial charge in [0.25, 0.3) is 0 Å². The molecule has 0 spiro atoms. The molecule has 1 amide bonds. The summed E-state index contributed by atoms with van der Waals surface area (Å²) in [6.45, 7) is 1.75. The molecule has 1 aliphatic rings. The minimum Gasteiger partial charge on any atom is -0.385 e. The van der Waals surface area contributed by atoms with Crippen molar-refractivity contribution in [1.29, 1.82) is 0 Å². The van der Waals surface area contributed by atoms with E-state index in [1.165, 1.54) is 32.1 Å². The average molecular weight is 199 g/mol. The SMILES string of the molecule is COCCC1CCC(CNC=O)CC1. The van der Waals surface area contributed by atoms with Crippen molar-refractivity contribution < 1.29 is 9.53 Å². The van der Waals surface area contributed by atoms with Gasteiger partial charge in [0, 0.05) is 20.3 Å². The fourth-order valence-corrected chi connectivity index (χ4v) is 2.22. The third kappa shape index (κ3) is 4.09. The van der Waals surface area contributed by atoms with Gasteiger partial charge in [0.05, 0.1) is 0 Å². The number of rotatable bonds is 6. The molecule has 14 heavy (non-hydrogen) atoms. The van der Waals surface area contributed by atoms with E-state index >= 15 is 0 Å². The smallest absolute Gasteiger partial charge is 0.207 e. The second kappa shape index (κ2) is 6.82. The summed E-state index contributed by atoms with van der Waals surface area (Å²) in [5.41, 5.74) is 0. The predicted octanol–water partition coefficient (Wildman–Crippen LogP) is 1.58. The summed E-state index contributed by atoms with van der Waals surface area (Å²) < 4.78 is 5.08. The highest BCUT2D eigenvalue weighted by molar-refractivity contribution is 5.45. The third-order valence-corrected chi connectivity index (χ3v) is 3.19. The summed E-state index contributed by atoms with van der Waals surface area (Å²) in [6, 6.07) is 0. The van der Waals surface area contributed by atoms with E-state index < -0.39 is 0 Å². The molecular weight excluding hydrogens is 178 g/mol. The molecule has 3 nitrogen and oxygen atoms in total. The Morgan fingerprint density at radius 2 is 1.93 bits per heavy atom. The highest BCUT2D eigenvalue weighted by Crippen LogP contribution is 2.30. The second-order valence-corrected chi connectivity index (χ2v) is 4.19. The summed E-state index contributed by atoms with van der Waals surface area (Å²) in [6.07, 6.45) is 7.12. The van der Waals surface area contributed by atoms with Crippen molar-refractivity contribution in [2.75, 3.05) is 20.3 Å². The number of carbonyl (C=O) groups excluding carboxylic acids is 1. The molecule has 1 N–H and O–H groups in total. The summed E-state index contributed by atoms with van der Waals surface area (Å²) >= 11 is 0. The van der Waals surface area contributed by atoms with Gasteiger partial charge in [0.1, 0.15) is 0 Å². The fraction of sp³-hybridized carbons (Fsp3) is 0.909. The topological polar surface area (TPSA) is 38.3 Å². The first-order valence-corrected chi connectivity index (χ1v) is 5.52. The molecule has 0 heterocycles. The molecule has 0 aliphatic heterocycles. The van der Waals surface area contributed by atoms with Gasteiger partial charge in [-0.05, 0) is 31.1 Å². The largest absolute Gasteiger partial charge is 0.385 e. The monoisotopic (exact) mass is 199 g/mol. The molecule has 0 aromatic carbocycles. The lowest BCUT2D eigenvalue weighted by molar-refractivity contribution is -0.109. The quantitative estimate of drug-likeness (QED) is 0.659. The third-order valence-electron chi connectivity index (χ3n) is 3.19. The molecule has 82 valence electrons. The van der Waals surface area contributed by atoms with Crippen LogP contribution in [0.4, 0.5) is 0 Å². The van der Waals surface area contributed by atoms with Crippen LogP contribution in [0.2, 0.25) is 0 Å². The van der Waals surface area contributed by atoms with E-state index in [1.807, 2.05) is 0 Å². The molecule has 0 radical (unpaired) electrons. The van der Waals surface area contributed by atoms with Gasteiger partial charge < -0.3 is 10.1 Å². The lowest BCUT2D eigenvalue weighted by Crippen LogP contribution is -2.25. The van der Waals surface area contributed by atoms with Gasteiger partial charge in [-0.3, -0.25) is 4.79 Å². The molecule has 1 aliphatic carbocycles. The molecule has 3 heteroatoms. The van der Waals surface area contributed by atoms with Crippen molar-refractivity contribution in [2.45, 2.75) is 32.1 Å². The number of carbonyl (C=O) groups is 1.